The van der Waals surface area contributed by atoms with Crippen LogP contribution in [0.15, 0.2) is 22.8 Å². The molecule has 0 unspecified atom stereocenters. The summed E-state index contributed by atoms with van der Waals surface area (Å²) in [5.74, 6) is -0.849. The quantitative estimate of drug-likeness (QED) is 0.888. The van der Waals surface area contributed by atoms with E-state index in [4.69, 9.17) is 0 Å². The molecule has 1 aliphatic carbocycles. The Hall–Kier alpha value is -1.43. The van der Waals surface area contributed by atoms with Crippen LogP contribution in [0.2, 0.25) is 0 Å². The maximum Gasteiger partial charge on any atom is 0.326 e. The maximum atomic E-state index is 12.7. The second-order valence-electron chi connectivity index (χ2n) is 5.78. The van der Waals surface area contributed by atoms with Crippen LogP contribution in [-0.2, 0) is 4.79 Å². The van der Waals surface area contributed by atoms with Crippen molar-refractivity contribution < 1.29 is 14.7 Å². The van der Waals surface area contributed by atoms with Crippen molar-refractivity contribution in [3.8, 4) is 0 Å². The zero-order valence-electron chi connectivity index (χ0n) is 11.5. The molecule has 2 aliphatic rings. The van der Waals surface area contributed by atoms with Gasteiger partial charge in [0.25, 0.3) is 5.91 Å². The van der Waals surface area contributed by atoms with Gasteiger partial charge in [-0.25, -0.2) is 9.78 Å². The molecule has 1 aliphatic heterocycles. The average molecular weight is 353 g/mol. The lowest BCUT2D eigenvalue weighted by Gasteiger charge is -2.32. The van der Waals surface area contributed by atoms with Crippen LogP contribution in [0.4, 0.5) is 0 Å². The number of carbonyl (C=O) groups is 2. The van der Waals surface area contributed by atoms with Gasteiger partial charge in [-0.15, -0.1) is 0 Å². The third-order valence-electron chi connectivity index (χ3n) is 4.55. The van der Waals surface area contributed by atoms with Gasteiger partial charge < -0.3 is 10.0 Å². The Labute approximate surface area is 131 Å². The molecule has 5 nitrogen and oxygen atoms in total. The predicted molar refractivity (Wildman–Crippen MR) is 79.9 cm³/mol. The number of halogens is 1. The van der Waals surface area contributed by atoms with Gasteiger partial charge in [-0.05, 0) is 53.2 Å². The lowest BCUT2D eigenvalue weighted by atomic mass is 9.84. The number of hydrogen-bond donors (Lipinski definition) is 1. The summed E-state index contributed by atoms with van der Waals surface area (Å²) in [6.45, 7) is 0. The average Bonchev–Trinajstić information content (AvgIpc) is 2.87. The minimum atomic E-state index is -0.908. The van der Waals surface area contributed by atoms with E-state index in [2.05, 4.69) is 20.9 Å². The molecule has 2 fully saturated rings. The summed E-state index contributed by atoms with van der Waals surface area (Å²) in [6, 6.07) is 2.74. The molecule has 2 heterocycles. The van der Waals surface area contributed by atoms with Crippen LogP contribution in [0.3, 0.4) is 0 Å². The minimum Gasteiger partial charge on any atom is -0.480 e. The molecule has 1 N–H and O–H groups in total. The fraction of sp³-hybridized carbons (Fsp3) is 0.533. The fourth-order valence-corrected chi connectivity index (χ4v) is 3.84. The Kier molecular flexibility index (Phi) is 3.97. The highest BCUT2D eigenvalue weighted by Gasteiger charge is 2.47. The minimum absolute atomic E-state index is 0.0535. The van der Waals surface area contributed by atoms with E-state index < -0.39 is 12.0 Å². The molecule has 3 rings (SSSR count). The zero-order valence-corrected chi connectivity index (χ0v) is 13.1. The number of rotatable bonds is 2. The van der Waals surface area contributed by atoms with Gasteiger partial charge in [-0.2, -0.15) is 0 Å². The van der Waals surface area contributed by atoms with Gasteiger partial charge in [0.1, 0.15) is 11.7 Å². The van der Waals surface area contributed by atoms with Crippen LogP contribution in [0.5, 0.6) is 0 Å². The van der Waals surface area contributed by atoms with Crippen molar-refractivity contribution in [2.45, 2.75) is 44.2 Å². The number of carboxylic acid groups (broad SMARTS) is 1. The molecule has 6 heteroatoms. The molecule has 1 aromatic rings. The Bertz CT molecular complexity index is 561. The van der Waals surface area contributed by atoms with Gasteiger partial charge in [0.05, 0.1) is 0 Å². The largest absolute Gasteiger partial charge is 0.480 e. The predicted octanol–water partition coefficient (Wildman–Crippen LogP) is 2.70. The van der Waals surface area contributed by atoms with E-state index in [9.17, 15) is 14.7 Å². The van der Waals surface area contributed by atoms with Crippen molar-refractivity contribution in [3.05, 3.63) is 28.5 Å². The second kappa shape index (κ2) is 5.75. The highest BCUT2D eigenvalue weighted by molar-refractivity contribution is 9.10. The standard InChI is InChI=1S/C15H17BrN2O3/c16-10-5-6-11(17-8-10)14(19)18-12-4-2-1-3-9(12)7-13(18)15(20)21/h5-6,8-9,12-13H,1-4,7H2,(H,20,21)/t9-,12-,13+/m1/s1. The molecule has 1 saturated heterocycles. The third kappa shape index (κ3) is 2.69. The first-order valence-corrected chi connectivity index (χ1v) is 8.04. The highest BCUT2D eigenvalue weighted by atomic mass is 79.9. The molecule has 1 aromatic heterocycles. The monoisotopic (exact) mass is 352 g/mol. The van der Waals surface area contributed by atoms with Crippen LogP contribution < -0.4 is 0 Å². The summed E-state index contributed by atoms with van der Waals surface area (Å²) in [5.41, 5.74) is 0.315. The SMILES string of the molecule is O=C(O)[C@@H]1C[C@H]2CCCC[C@H]2N1C(=O)c1ccc(Br)cn1. The Morgan fingerprint density at radius 1 is 1.29 bits per heavy atom. The number of carbonyl (C=O) groups excluding carboxylic acids is 1. The van der Waals surface area contributed by atoms with Gasteiger partial charge in [0.2, 0.25) is 0 Å². The number of nitrogens with zero attached hydrogens (tertiary/aromatic N) is 2. The van der Waals surface area contributed by atoms with E-state index in [-0.39, 0.29) is 11.9 Å². The summed E-state index contributed by atoms with van der Waals surface area (Å²) >= 11 is 3.29. The van der Waals surface area contributed by atoms with Crippen LogP contribution in [0.25, 0.3) is 0 Å². The Balaban J connectivity index is 1.90. The van der Waals surface area contributed by atoms with Crippen molar-refractivity contribution >= 4 is 27.8 Å². The van der Waals surface area contributed by atoms with Crippen LogP contribution >= 0.6 is 15.9 Å². The number of likely N-dealkylation sites (tertiary alicyclic amines) is 1. The number of amides is 1. The third-order valence-corrected chi connectivity index (χ3v) is 5.02. The van der Waals surface area contributed by atoms with Crippen LogP contribution in [0.1, 0.15) is 42.6 Å². The second-order valence-corrected chi connectivity index (χ2v) is 6.69. The molecule has 0 radical (unpaired) electrons. The van der Waals surface area contributed by atoms with Crippen molar-refractivity contribution in [2.24, 2.45) is 5.92 Å². The van der Waals surface area contributed by atoms with Gasteiger partial charge in [0, 0.05) is 16.7 Å². The molecule has 3 atom stereocenters. The van der Waals surface area contributed by atoms with Crippen molar-refractivity contribution in [2.75, 3.05) is 0 Å². The lowest BCUT2D eigenvalue weighted by Crippen LogP contribution is -2.46. The normalized spacial score (nSPS) is 28.2. The number of aliphatic carboxylic acids is 1. The number of fused-ring (bicyclic) bond motifs is 1. The summed E-state index contributed by atoms with van der Waals surface area (Å²) in [7, 11) is 0. The number of carboxylic acids is 1. The molecule has 1 amide bonds. The molecular weight excluding hydrogens is 336 g/mol. The molecule has 1 saturated carbocycles. The molecule has 112 valence electrons. The number of aromatic nitrogens is 1. The van der Waals surface area contributed by atoms with Crippen LogP contribution in [0, 0.1) is 5.92 Å². The van der Waals surface area contributed by atoms with Gasteiger partial charge in [-0.1, -0.05) is 12.8 Å². The molecule has 21 heavy (non-hydrogen) atoms. The zero-order chi connectivity index (χ0) is 15.0. The van der Waals surface area contributed by atoms with E-state index in [1.807, 2.05) is 0 Å². The Morgan fingerprint density at radius 2 is 2.05 bits per heavy atom. The first-order valence-electron chi connectivity index (χ1n) is 7.25. The molecule has 0 aromatic carbocycles. The highest BCUT2D eigenvalue weighted by Crippen LogP contribution is 2.40. The topological polar surface area (TPSA) is 70.5 Å². The Morgan fingerprint density at radius 3 is 2.71 bits per heavy atom. The summed E-state index contributed by atoms with van der Waals surface area (Å²) in [5, 5.41) is 9.45. The maximum absolute atomic E-state index is 12.7. The van der Waals surface area contributed by atoms with E-state index >= 15 is 0 Å². The first kappa shape index (κ1) is 14.5. The van der Waals surface area contributed by atoms with E-state index in [0.717, 1.165) is 30.2 Å². The number of pyridine rings is 1. The van der Waals surface area contributed by atoms with Crippen molar-refractivity contribution in [1.82, 2.24) is 9.88 Å². The molecule has 0 bridgehead atoms. The molecule has 0 spiro atoms. The summed E-state index contributed by atoms with van der Waals surface area (Å²) < 4.78 is 0.797. The lowest BCUT2D eigenvalue weighted by molar-refractivity contribution is -0.141. The first-order chi connectivity index (χ1) is 10.1. The van der Waals surface area contributed by atoms with E-state index in [0.29, 0.717) is 18.0 Å². The van der Waals surface area contributed by atoms with Gasteiger partial charge in [-0.3, -0.25) is 4.79 Å². The summed E-state index contributed by atoms with van der Waals surface area (Å²) in [6.07, 6.45) is 6.25. The summed E-state index contributed by atoms with van der Waals surface area (Å²) in [4.78, 5) is 29.9. The number of hydrogen-bond acceptors (Lipinski definition) is 3. The fourth-order valence-electron chi connectivity index (χ4n) is 3.61. The van der Waals surface area contributed by atoms with Gasteiger partial charge >= 0.3 is 5.97 Å². The van der Waals surface area contributed by atoms with Crippen molar-refractivity contribution in [1.29, 1.82) is 0 Å². The smallest absolute Gasteiger partial charge is 0.326 e. The van der Waals surface area contributed by atoms with E-state index in [1.165, 1.54) is 0 Å². The molecular formula is C15H17BrN2O3. The van der Waals surface area contributed by atoms with Crippen LogP contribution in [-0.4, -0.2) is 39.0 Å². The van der Waals surface area contributed by atoms with Gasteiger partial charge in [0.15, 0.2) is 0 Å². The van der Waals surface area contributed by atoms with Crippen molar-refractivity contribution in [3.63, 3.8) is 0 Å². The van der Waals surface area contributed by atoms with E-state index in [1.54, 1.807) is 23.2 Å².